The van der Waals surface area contributed by atoms with Crippen molar-refractivity contribution in [1.82, 2.24) is 0 Å². The minimum atomic E-state index is 0.610. The average Bonchev–Trinajstić information content (AvgIpc) is 2.13. The van der Waals surface area contributed by atoms with Gasteiger partial charge in [-0.2, -0.15) is 0 Å². The highest BCUT2D eigenvalue weighted by Crippen LogP contribution is 2.18. The molecule has 1 nitrogen and oxygen atoms in total. The van der Waals surface area contributed by atoms with Gasteiger partial charge in [0.2, 0.25) is 0 Å². The molecule has 0 spiro atoms. The van der Waals surface area contributed by atoms with E-state index in [9.17, 15) is 0 Å². The SMILES string of the molecule is NCC1=CCC=CC=C1Br. The van der Waals surface area contributed by atoms with E-state index in [0.29, 0.717) is 6.54 Å². The summed E-state index contributed by atoms with van der Waals surface area (Å²) in [4.78, 5) is 0. The van der Waals surface area contributed by atoms with Crippen molar-refractivity contribution in [2.45, 2.75) is 6.42 Å². The molecule has 0 amide bonds. The molecule has 1 rings (SSSR count). The Kier molecular flexibility index (Phi) is 2.90. The van der Waals surface area contributed by atoms with Gasteiger partial charge in [-0.15, -0.1) is 0 Å². The highest BCUT2D eigenvalue weighted by atomic mass is 79.9. The van der Waals surface area contributed by atoms with Gasteiger partial charge in [-0.1, -0.05) is 34.2 Å². The first-order valence-corrected chi connectivity index (χ1v) is 4.05. The van der Waals surface area contributed by atoms with Crippen molar-refractivity contribution in [2.24, 2.45) is 5.73 Å². The van der Waals surface area contributed by atoms with Gasteiger partial charge in [0.15, 0.2) is 0 Å². The van der Waals surface area contributed by atoms with E-state index in [4.69, 9.17) is 5.73 Å². The molecule has 0 radical (unpaired) electrons. The van der Waals surface area contributed by atoms with Crippen LogP contribution in [0.3, 0.4) is 0 Å². The molecular formula is C8H10BrN. The third-order valence-electron chi connectivity index (χ3n) is 1.41. The lowest BCUT2D eigenvalue weighted by Crippen LogP contribution is -2.02. The molecule has 0 saturated carbocycles. The maximum absolute atomic E-state index is 5.50. The minimum Gasteiger partial charge on any atom is -0.326 e. The van der Waals surface area contributed by atoms with Gasteiger partial charge in [-0.3, -0.25) is 0 Å². The van der Waals surface area contributed by atoms with Crippen molar-refractivity contribution < 1.29 is 0 Å². The third-order valence-corrected chi connectivity index (χ3v) is 2.18. The Morgan fingerprint density at radius 3 is 3.10 bits per heavy atom. The van der Waals surface area contributed by atoms with E-state index in [-0.39, 0.29) is 0 Å². The fourth-order valence-corrected chi connectivity index (χ4v) is 1.30. The number of allylic oxidation sites excluding steroid dienone is 4. The molecule has 0 saturated heterocycles. The molecule has 0 heterocycles. The van der Waals surface area contributed by atoms with Crippen LogP contribution in [-0.4, -0.2) is 6.54 Å². The first-order chi connectivity index (χ1) is 4.84. The first kappa shape index (κ1) is 7.76. The zero-order valence-corrected chi connectivity index (χ0v) is 7.26. The van der Waals surface area contributed by atoms with Gasteiger partial charge >= 0.3 is 0 Å². The van der Waals surface area contributed by atoms with Crippen molar-refractivity contribution in [3.8, 4) is 0 Å². The third kappa shape index (κ3) is 1.82. The van der Waals surface area contributed by atoms with E-state index in [2.05, 4.69) is 28.1 Å². The molecule has 0 bridgehead atoms. The summed E-state index contributed by atoms with van der Waals surface area (Å²) in [6.45, 7) is 0.610. The van der Waals surface area contributed by atoms with Crippen LogP contribution in [0.2, 0.25) is 0 Å². The molecule has 0 aliphatic heterocycles. The van der Waals surface area contributed by atoms with Crippen LogP contribution >= 0.6 is 15.9 Å². The van der Waals surface area contributed by atoms with Gasteiger partial charge in [0.1, 0.15) is 0 Å². The van der Waals surface area contributed by atoms with Crippen molar-refractivity contribution in [1.29, 1.82) is 0 Å². The smallest absolute Gasteiger partial charge is 0.0216 e. The second-order valence-electron chi connectivity index (χ2n) is 2.11. The van der Waals surface area contributed by atoms with Crippen LogP contribution in [0, 0.1) is 0 Å². The molecule has 10 heavy (non-hydrogen) atoms. The molecule has 1 aliphatic carbocycles. The molecule has 0 aromatic carbocycles. The van der Waals surface area contributed by atoms with Gasteiger partial charge in [-0.05, 0) is 18.1 Å². The number of halogens is 1. The van der Waals surface area contributed by atoms with Crippen LogP contribution in [0.15, 0.2) is 34.4 Å². The maximum Gasteiger partial charge on any atom is 0.0216 e. The lowest BCUT2D eigenvalue weighted by Gasteiger charge is -1.98. The number of rotatable bonds is 1. The maximum atomic E-state index is 5.50. The van der Waals surface area contributed by atoms with E-state index in [0.717, 1.165) is 10.9 Å². The van der Waals surface area contributed by atoms with Gasteiger partial charge < -0.3 is 5.73 Å². The van der Waals surface area contributed by atoms with Gasteiger partial charge in [0, 0.05) is 11.0 Å². The number of hydrogen-bond donors (Lipinski definition) is 1. The van der Waals surface area contributed by atoms with Crippen molar-refractivity contribution in [2.75, 3.05) is 6.54 Å². The Balaban J connectivity index is 2.81. The Labute approximate surface area is 69.4 Å². The average molecular weight is 200 g/mol. The fourth-order valence-electron chi connectivity index (χ4n) is 0.827. The molecule has 1 aliphatic rings. The van der Waals surface area contributed by atoms with E-state index in [1.807, 2.05) is 12.2 Å². The highest BCUT2D eigenvalue weighted by molar-refractivity contribution is 9.12. The molecule has 0 unspecified atom stereocenters. The largest absolute Gasteiger partial charge is 0.326 e. The molecule has 54 valence electrons. The summed E-state index contributed by atoms with van der Waals surface area (Å²) in [6.07, 6.45) is 9.26. The lowest BCUT2D eigenvalue weighted by molar-refractivity contribution is 1.16. The van der Waals surface area contributed by atoms with Crippen molar-refractivity contribution in [3.05, 3.63) is 34.4 Å². The van der Waals surface area contributed by atoms with Crippen LogP contribution in [0.4, 0.5) is 0 Å². The van der Waals surface area contributed by atoms with Crippen LogP contribution in [0.25, 0.3) is 0 Å². The predicted octanol–water partition coefficient (Wildman–Crippen LogP) is 2.11. The highest BCUT2D eigenvalue weighted by Gasteiger charge is 1.98. The molecule has 0 aromatic rings. The number of nitrogens with two attached hydrogens (primary N) is 1. The van der Waals surface area contributed by atoms with Gasteiger partial charge in [0.25, 0.3) is 0 Å². The minimum absolute atomic E-state index is 0.610. The van der Waals surface area contributed by atoms with E-state index < -0.39 is 0 Å². The normalized spacial score (nSPS) is 17.8. The first-order valence-electron chi connectivity index (χ1n) is 3.26. The van der Waals surface area contributed by atoms with Crippen LogP contribution in [-0.2, 0) is 0 Å². The molecule has 0 fully saturated rings. The Morgan fingerprint density at radius 2 is 2.40 bits per heavy atom. The summed E-state index contributed by atoms with van der Waals surface area (Å²) in [5, 5.41) is 0. The lowest BCUT2D eigenvalue weighted by atomic mass is 10.2. The summed E-state index contributed by atoms with van der Waals surface area (Å²) in [7, 11) is 0. The van der Waals surface area contributed by atoms with Gasteiger partial charge in [-0.25, -0.2) is 0 Å². The second kappa shape index (κ2) is 3.74. The topological polar surface area (TPSA) is 26.0 Å². The Hall–Kier alpha value is -0.340. The fraction of sp³-hybridized carbons (Fsp3) is 0.250. The van der Waals surface area contributed by atoms with Crippen LogP contribution in [0.1, 0.15) is 6.42 Å². The summed E-state index contributed by atoms with van der Waals surface area (Å²) in [5.74, 6) is 0. The zero-order valence-electron chi connectivity index (χ0n) is 5.68. The summed E-state index contributed by atoms with van der Waals surface area (Å²) in [6, 6.07) is 0. The summed E-state index contributed by atoms with van der Waals surface area (Å²) < 4.78 is 1.10. The van der Waals surface area contributed by atoms with Crippen LogP contribution < -0.4 is 5.73 Å². The predicted molar refractivity (Wildman–Crippen MR) is 47.9 cm³/mol. The molecule has 2 heteroatoms. The Morgan fingerprint density at radius 1 is 1.60 bits per heavy atom. The van der Waals surface area contributed by atoms with E-state index in [1.54, 1.807) is 0 Å². The van der Waals surface area contributed by atoms with Crippen LogP contribution in [0.5, 0.6) is 0 Å². The van der Waals surface area contributed by atoms with E-state index in [1.165, 1.54) is 5.57 Å². The molecular weight excluding hydrogens is 190 g/mol. The zero-order chi connectivity index (χ0) is 7.40. The Bertz CT molecular complexity index is 201. The summed E-state index contributed by atoms with van der Waals surface area (Å²) in [5.41, 5.74) is 6.68. The van der Waals surface area contributed by atoms with Crippen molar-refractivity contribution >= 4 is 15.9 Å². The van der Waals surface area contributed by atoms with Gasteiger partial charge in [0.05, 0.1) is 0 Å². The monoisotopic (exact) mass is 199 g/mol. The van der Waals surface area contributed by atoms with Crippen molar-refractivity contribution in [3.63, 3.8) is 0 Å². The molecule has 0 atom stereocenters. The number of hydrogen-bond acceptors (Lipinski definition) is 1. The molecule has 0 aromatic heterocycles. The summed E-state index contributed by atoms with van der Waals surface area (Å²) >= 11 is 3.43. The second-order valence-corrected chi connectivity index (χ2v) is 2.97. The molecule has 2 N–H and O–H groups in total. The standard InChI is InChI=1S/C8H10BrN/c9-8-5-3-1-2-4-7(8)6-10/h1,3-5H,2,6,10H2. The van der Waals surface area contributed by atoms with E-state index >= 15 is 0 Å². The quantitative estimate of drug-likeness (QED) is 0.689.